The van der Waals surface area contributed by atoms with Crippen LogP contribution in [0.1, 0.15) is 76.3 Å². The lowest BCUT2D eigenvalue weighted by molar-refractivity contribution is 0.0507. The van der Waals surface area contributed by atoms with Crippen LogP contribution in [0, 0.1) is 0 Å². The molecule has 25 heavy (non-hydrogen) atoms. The van der Waals surface area contributed by atoms with Gasteiger partial charge in [-0.2, -0.15) is 0 Å². The van der Waals surface area contributed by atoms with Gasteiger partial charge in [0.15, 0.2) is 0 Å². The molecule has 1 aliphatic rings. The first-order valence-electron chi connectivity index (χ1n) is 9.00. The van der Waals surface area contributed by atoms with E-state index in [9.17, 15) is 9.59 Å². The van der Waals surface area contributed by atoms with Crippen LogP contribution in [0.3, 0.4) is 0 Å². The molecule has 1 aliphatic heterocycles. The van der Waals surface area contributed by atoms with E-state index >= 15 is 0 Å². The van der Waals surface area contributed by atoms with Gasteiger partial charge in [0.25, 0.3) is 5.91 Å². The van der Waals surface area contributed by atoms with Crippen LogP contribution in [-0.4, -0.2) is 34.6 Å². The lowest BCUT2D eigenvalue weighted by Gasteiger charge is -2.26. The van der Waals surface area contributed by atoms with E-state index in [1.807, 2.05) is 56.9 Å². The summed E-state index contributed by atoms with van der Waals surface area (Å²) in [6.07, 6.45) is 1.67. The summed E-state index contributed by atoms with van der Waals surface area (Å²) in [6.45, 7) is 11.6. The lowest BCUT2D eigenvalue weighted by Crippen LogP contribution is -2.38. The highest BCUT2D eigenvalue weighted by molar-refractivity contribution is 5.94. The van der Waals surface area contributed by atoms with Gasteiger partial charge in [-0.15, -0.1) is 0 Å². The summed E-state index contributed by atoms with van der Waals surface area (Å²) in [5.74, 6) is 0.0804. The molecule has 1 heterocycles. The molecule has 2 unspecified atom stereocenters. The van der Waals surface area contributed by atoms with Crippen molar-refractivity contribution in [1.29, 1.82) is 0 Å². The van der Waals surface area contributed by atoms with Crippen molar-refractivity contribution in [2.75, 3.05) is 0 Å². The van der Waals surface area contributed by atoms with E-state index in [0.717, 1.165) is 18.4 Å². The van der Waals surface area contributed by atoms with Crippen LogP contribution in [0.2, 0.25) is 0 Å². The maximum atomic E-state index is 12.7. The molecule has 1 N–H and O–H groups in total. The van der Waals surface area contributed by atoms with E-state index < -0.39 is 11.7 Å². The van der Waals surface area contributed by atoms with Gasteiger partial charge in [0.1, 0.15) is 5.60 Å². The Morgan fingerprint density at radius 2 is 1.64 bits per heavy atom. The van der Waals surface area contributed by atoms with Crippen LogP contribution in [0.4, 0.5) is 4.79 Å². The molecule has 0 spiro atoms. The fourth-order valence-corrected chi connectivity index (χ4v) is 3.23. The average molecular weight is 346 g/mol. The first-order chi connectivity index (χ1) is 11.6. The quantitative estimate of drug-likeness (QED) is 0.888. The Morgan fingerprint density at radius 1 is 1.12 bits per heavy atom. The largest absolute Gasteiger partial charge is 0.444 e. The van der Waals surface area contributed by atoms with Gasteiger partial charge in [0, 0.05) is 17.6 Å². The normalized spacial score (nSPS) is 21.8. The topological polar surface area (TPSA) is 58.6 Å². The Balaban J connectivity index is 2.01. The molecule has 5 nitrogen and oxygen atoms in total. The number of alkyl carbamates (subject to hydrolysis) is 1. The van der Waals surface area contributed by atoms with Gasteiger partial charge >= 0.3 is 6.09 Å². The zero-order valence-corrected chi connectivity index (χ0v) is 16.1. The van der Waals surface area contributed by atoms with Gasteiger partial charge in [-0.05, 0) is 72.1 Å². The third kappa shape index (κ3) is 4.97. The summed E-state index contributed by atoms with van der Waals surface area (Å²) in [5.41, 5.74) is 1.10. The second-order valence-electron chi connectivity index (χ2n) is 7.98. The molecule has 2 amide bonds. The number of carbonyl (C=O) groups is 2. The molecule has 3 atom stereocenters. The molecular formula is C20H30N2O3. The number of nitrogens with one attached hydrogen (secondary N) is 1. The van der Waals surface area contributed by atoms with Crippen molar-refractivity contribution < 1.29 is 14.3 Å². The molecule has 1 fully saturated rings. The highest BCUT2D eigenvalue weighted by Gasteiger charge is 2.31. The minimum Gasteiger partial charge on any atom is -0.444 e. The van der Waals surface area contributed by atoms with Crippen molar-refractivity contribution in [2.45, 2.75) is 78.1 Å². The van der Waals surface area contributed by atoms with E-state index in [2.05, 4.69) is 19.2 Å². The summed E-state index contributed by atoms with van der Waals surface area (Å²) in [5, 5.41) is 2.81. The monoisotopic (exact) mass is 346 g/mol. The maximum Gasteiger partial charge on any atom is 0.408 e. The Labute approximate surface area is 150 Å². The van der Waals surface area contributed by atoms with E-state index in [-0.39, 0.29) is 24.0 Å². The van der Waals surface area contributed by atoms with E-state index in [0.29, 0.717) is 5.56 Å². The second-order valence-corrected chi connectivity index (χ2v) is 7.98. The number of amides is 2. The van der Waals surface area contributed by atoms with E-state index in [1.165, 1.54) is 0 Å². The molecule has 0 aromatic heterocycles. The summed E-state index contributed by atoms with van der Waals surface area (Å²) in [4.78, 5) is 26.6. The summed E-state index contributed by atoms with van der Waals surface area (Å²) in [7, 11) is 0. The van der Waals surface area contributed by atoms with Gasteiger partial charge in [-0.25, -0.2) is 4.79 Å². The average Bonchev–Trinajstić information content (AvgIpc) is 2.83. The highest BCUT2D eigenvalue weighted by atomic mass is 16.6. The minimum atomic E-state index is -0.525. The van der Waals surface area contributed by atoms with Crippen LogP contribution >= 0.6 is 0 Å². The summed E-state index contributed by atoms with van der Waals surface area (Å²) < 4.78 is 5.27. The minimum absolute atomic E-state index is 0.0804. The zero-order chi connectivity index (χ0) is 18.8. The third-order valence-electron chi connectivity index (χ3n) is 4.58. The zero-order valence-electron chi connectivity index (χ0n) is 16.1. The second kappa shape index (κ2) is 7.46. The Hall–Kier alpha value is -2.04. The van der Waals surface area contributed by atoms with Gasteiger partial charge in [-0.3, -0.25) is 4.79 Å². The molecule has 5 heteroatoms. The standard InChI is InChI=1S/C20H30N2O3/c1-13-7-8-14(2)22(13)18(23)17-11-9-16(10-12-17)15(3)21-19(24)25-20(4,5)6/h9-15H,7-8H2,1-6H3,(H,21,24)/t13-,14?,15?/m1/s1. The number of nitrogens with zero attached hydrogens (tertiary/aromatic N) is 1. The molecule has 0 saturated carbocycles. The van der Waals surface area contributed by atoms with Crippen LogP contribution in [0.5, 0.6) is 0 Å². The molecule has 1 saturated heterocycles. The molecule has 0 aliphatic carbocycles. The van der Waals surface area contributed by atoms with Crippen molar-refractivity contribution in [1.82, 2.24) is 10.2 Å². The smallest absolute Gasteiger partial charge is 0.408 e. The number of benzene rings is 1. The molecule has 0 bridgehead atoms. The molecule has 0 radical (unpaired) electrons. The van der Waals surface area contributed by atoms with Crippen LogP contribution in [0.25, 0.3) is 0 Å². The van der Waals surface area contributed by atoms with Crippen molar-refractivity contribution in [3.05, 3.63) is 35.4 Å². The van der Waals surface area contributed by atoms with Gasteiger partial charge in [0.05, 0.1) is 6.04 Å². The molecular weight excluding hydrogens is 316 g/mol. The predicted octanol–water partition coefficient (Wildman–Crippen LogP) is 4.29. The number of rotatable bonds is 3. The Bertz CT molecular complexity index is 609. The van der Waals surface area contributed by atoms with E-state index in [4.69, 9.17) is 4.74 Å². The maximum absolute atomic E-state index is 12.7. The van der Waals surface area contributed by atoms with Crippen LogP contribution in [0.15, 0.2) is 24.3 Å². The lowest BCUT2D eigenvalue weighted by atomic mass is 10.1. The fraction of sp³-hybridized carbons (Fsp3) is 0.600. The van der Waals surface area contributed by atoms with Crippen LogP contribution in [-0.2, 0) is 4.74 Å². The first kappa shape index (κ1) is 19.3. The SMILES string of the molecule is CC(NC(=O)OC(C)(C)C)c1ccc(C(=O)N2C(C)CC[C@H]2C)cc1. The van der Waals surface area contributed by atoms with Crippen molar-refractivity contribution in [2.24, 2.45) is 0 Å². The number of hydrogen-bond donors (Lipinski definition) is 1. The molecule has 1 aromatic rings. The van der Waals surface area contributed by atoms with Crippen molar-refractivity contribution in [3.8, 4) is 0 Å². The number of likely N-dealkylation sites (tertiary alicyclic amines) is 1. The summed E-state index contributed by atoms with van der Waals surface area (Å²) >= 11 is 0. The Kier molecular flexibility index (Phi) is 5.76. The van der Waals surface area contributed by atoms with Gasteiger partial charge in [0.2, 0.25) is 0 Å². The van der Waals surface area contributed by atoms with E-state index in [1.54, 1.807) is 0 Å². The first-order valence-corrected chi connectivity index (χ1v) is 9.00. The van der Waals surface area contributed by atoms with Gasteiger partial charge in [-0.1, -0.05) is 12.1 Å². The third-order valence-corrected chi connectivity index (χ3v) is 4.58. The summed E-state index contributed by atoms with van der Waals surface area (Å²) in [6, 6.07) is 7.83. The number of ether oxygens (including phenoxy) is 1. The molecule has 138 valence electrons. The molecule has 1 aromatic carbocycles. The highest BCUT2D eigenvalue weighted by Crippen LogP contribution is 2.26. The predicted molar refractivity (Wildman–Crippen MR) is 98.6 cm³/mol. The Morgan fingerprint density at radius 3 is 2.12 bits per heavy atom. The van der Waals surface area contributed by atoms with Crippen molar-refractivity contribution in [3.63, 3.8) is 0 Å². The van der Waals surface area contributed by atoms with Crippen molar-refractivity contribution >= 4 is 12.0 Å². The molecule has 2 rings (SSSR count). The van der Waals surface area contributed by atoms with Gasteiger partial charge < -0.3 is 15.0 Å². The van der Waals surface area contributed by atoms with Crippen LogP contribution < -0.4 is 5.32 Å². The number of carbonyl (C=O) groups excluding carboxylic acids is 2. The fourth-order valence-electron chi connectivity index (χ4n) is 3.23. The number of hydrogen-bond acceptors (Lipinski definition) is 3.